The lowest BCUT2D eigenvalue weighted by molar-refractivity contribution is -0.137. The fraction of sp³-hybridized carbons (Fsp3) is 0.364. The van der Waals surface area contributed by atoms with Gasteiger partial charge in [0, 0.05) is 18.2 Å². The molecule has 0 aliphatic carbocycles. The van der Waals surface area contributed by atoms with E-state index in [1.54, 1.807) is 0 Å². The Kier molecular flexibility index (Phi) is 2.39. The van der Waals surface area contributed by atoms with Crippen LogP contribution in [0.15, 0.2) is 24.3 Å². The summed E-state index contributed by atoms with van der Waals surface area (Å²) in [6, 6.07) is 8.42. The monoisotopic (exact) mass is 191 g/mol. The first kappa shape index (κ1) is 9.06. The second kappa shape index (κ2) is 3.70. The molecule has 2 N–H and O–H groups in total. The average molecular weight is 191 g/mol. The molecule has 0 radical (unpaired) electrons. The van der Waals surface area contributed by atoms with Gasteiger partial charge in [0.05, 0.1) is 0 Å². The first-order chi connectivity index (χ1) is 6.75. The summed E-state index contributed by atoms with van der Waals surface area (Å²) in [6.07, 6.45) is 1.89. The molecule has 1 aromatic carbocycles. The lowest BCUT2D eigenvalue weighted by Crippen LogP contribution is -2.16. The molecule has 2 rings (SSSR count). The molecule has 74 valence electrons. The molecule has 0 aromatic heterocycles. The van der Waals surface area contributed by atoms with E-state index < -0.39 is 5.97 Å². The first-order valence-electron chi connectivity index (χ1n) is 4.82. The Bertz CT molecular complexity index is 324. The number of rotatable bonds is 3. The maximum Gasteiger partial charge on any atom is 0.303 e. The zero-order valence-electron chi connectivity index (χ0n) is 7.86. The third kappa shape index (κ3) is 1.87. The van der Waals surface area contributed by atoms with Crippen molar-refractivity contribution in [2.45, 2.75) is 25.3 Å². The lowest BCUT2D eigenvalue weighted by Gasteiger charge is -2.08. The van der Waals surface area contributed by atoms with Crippen LogP contribution in [0.4, 0.5) is 5.69 Å². The van der Waals surface area contributed by atoms with E-state index in [0.717, 1.165) is 12.1 Å². The van der Waals surface area contributed by atoms with E-state index >= 15 is 0 Å². The molecule has 1 heterocycles. The highest BCUT2D eigenvalue weighted by Crippen LogP contribution is 2.26. The summed E-state index contributed by atoms with van der Waals surface area (Å²) < 4.78 is 0. The van der Waals surface area contributed by atoms with Crippen molar-refractivity contribution in [2.24, 2.45) is 0 Å². The molecule has 1 aliphatic rings. The number of fused-ring (bicyclic) bond motifs is 1. The smallest absolute Gasteiger partial charge is 0.303 e. The van der Waals surface area contributed by atoms with Gasteiger partial charge >= 0.3 is 5.97 Å². The molecule has 0 saturated heterocycles. The molecule has 1 aromatic rings. The van der Waals surface area contributed by atoms with Crippen molar-refractivity contribution in [1.29, 1.82) is 0 Å². The van der Waals surface area contributed by atoms with Gasteiger partial charge in [0.15, 0.2) is 0 Å². The van der Waals surface area contributed by atoms with Gasteiger partial charge in [0.1, 0.15) is 0 Å². The van der Waals surface area contributed by atoms with Gasteiger partial charge in [-0.15, -0.1) is 0 Å². The molecule has 0 spiro atoms. The second-order valence-electron chi connectivity index (χ2n) is 3.63. The summed E-state index contributed by atoms with van der Waals surface area (Å²) in [7, 11) is 0. The van der Waals surface area contributed by atoms with E-state index in [4.69, 9.17) is 5.11 Å². The second-order valence-corrected chi connectivity index (χ2v) is 3.63. The highest BCUT2D eigenvalue weighted by molar-refractivity contribution is 5.67. The van der Waals surface area contributed by atoms with Crippen molar-refractivity contribution >= 4 is 11.7 Å². The number of nitrogens with one attached hydrogen (secondary N) is 1. The lowest BCUT2D eigenvalue weighted by atomic mass is 10.1. The van der Waals surface area contributed by atoms with Gasteiger partial charge in [-0.1, -0.05) is 18.2 Å². The number of carboxylic acids is 1. The maximum absolute atomic E-state index is 10.4. The summed E-state index contributed by atoms with van der Waals surface area (Å²) in [4.78, 5) is 10.4. The zero-order chi connectivity index (χ0) is 9.97. The molecule has 1 aliphatic heterocycles. The molecule has 0 amide bonds. The van der Waals surface area contributed by atoms with Gasteiger partial charge in [0.25, 0.3) is 0 Å². The van der Waals surface area contributed by atoms with Crippen LogP contribution < -0.4 is 5.32 Å². The molecule has 1 atom stereocenters. The van der Waals surface area contributed by atoms with Gasteiger partial charge in [-0.25, -0.2) is 0 Å². The van der Waals surface area contributed by atoms with Crippen LogP contribution in [0.3, 0.4) is 0 Å². The molecular weight excluding hydrogens is 178 g/mol. The molecule has 3 heteroatoms. The largest absolute Gasteiger partial charge is 0.481 e. The van der Waals surface area contributed by atoms with Gasteiger partial charge in [-0.05, 0) is 24.5 Å². The molecule has 3 nitrogen and oxygen atoms in total. The van der Waals surface area contributed by atoms with E-state index in [1.165, 1.54) is 5.56 Å². The summed E-state index contributed by atoms with van der Waals surface area (Å²) in [5, 5.41) is 11.9. The maximum atomic E-state index is 10.4. The van der Waals surface area contributed by atoms with Crippen LogP contribution >= 0.6 is 0 Å². The minimum Gasteiger partial charge on any atom is -0.481 e. The van der Waals surface area contributed by atoms with Crippen LogP contribution in [-0.2, 0) is 11.2 Å². The standard InChI is InChI=1S/C11H13NO2/c13-11(14)6-5-9-7-8-3-1-2-4-10(8)12-9/h1-4,9,12H,5-7H2,(H,13,14). The predicted molar refractivity (Wildman–Crippen MR) is 54.4 cm³/mol. The van der Waals surface area contributed by atoms with Crippen LogP contribution in [0.2, 0.25) is 0 Å². The summed E-state index contributed by atoms with van der Waals surface area (Å²) in [5.74, 6) is -0.720. The van der Waals surface area contributed by atoms with Gasteiger partial charge in [-0.3, -0.25) is 4.79 Å². The Balaban J connectivity index is 1.95. The van der Waals surface area contributed by atoms with Crippen LogP contribution in [0.25, 0.3) is 0 Å². The van der Waals surface area contributed by atoms with Crippen LogP contribution in [-0.4, -0.2) is 17.1 Å². The van der Waals surface area contributed by atoms with E-state index in [9.17, 15) is 4.79 Å². The zero-order valence-corrected chi connectivity index (χ0v) is 7.86. The molecule has 0 bridgehead atoms. The third-order valence-electron chi connectivity index (χ3n) is 2.55. The van der Waals surface area contributed by atoms with Crippen molar-refractivity contribution in [3.05, 3.63) is 29.8 Å². The molecule has 0 fully saturated rings. The number of anilines is 1. The van der Waals surface area contributed by atoms with Crippen molar-refractivity contribution in [2.75, 3.05) is 5.32 Å². The van der Waals surface area contributed by atoms with Crippen molar-refractivity contribution in [3.63, 3.8) is 0 Å². The molecule has 0 saturated carbocycles. The van der Waals surface area contributed by atoms with Crippen molar-refractivity contribution in [1.82, 2.24) is 0 Å². The molecular formula is C11H13NO2. The SMILES string of the molecule is O=C(O)CCC1Cc2ccccc2N1. The number of benzene rings is 1. The Morgan fingerprint density at radius 2 is 2.29 bits per heavy atom. The Hall–Kier alpha value is -1.51. The predicted octanol–water partition coefficient (Wildman–Crippen LogP) is 1.89. The number of hydrogen-bond acceptors (Lipinski definition) is 2. The van der Waals surface area contributed by atoms with E-state index in [-0.39, 0.29) is 6.42 Å². The van der Waals surface area contributed by atoms with Gasteiger partial charge in [0.2, 0.25) is 0 Å². The van der Waals surface area contributed by atoms with E-state index in [1.807, 2.05) is 18.2 Å². The fourth-order valence-corrected chi connectivity index (χ4v) is 1.85. The minimum atomic E-state index is -0.720. The summed E-state index contributed by atoms with van der Waals surface area (Å²) >= 11 is 0. The van der Waals surface area contributed by atoms with Crippen LogP contribution in [0, 0.1) is 0 Å². The number of aliphatic carboxylic acids is 1. The normalized spacial score (nSPS) is 18.7. The Morgan fingerprint density at radius 3 is 3.00 bits per heavy atom. The van der Waals surface area contributed by atoms with Crippen molar-refractivity contribution in [3.8, 4) is 0 Å². The fourth-order valence-electron chi connectivity index (χ4n) is 1.85. The van der Waals surface area contributed by atoms with Gasteiger partial charge < -0.3 is 10.4 Å². The number of hydrogen-bond donors (Lipinski definition) is 2. The van der Waals surface area contributed by atoms with Gasteiger partial charge in [-0.2, -0.15) is 0 Å². The summed E-state index contributed by atoms with van der Waals surface area (Å²) in [5.41, 5.74) is 2.45. The molecule has 14 heavy (non-hydrogen) atoms. The van der Waals surface area contributed by atoms with Crippen LogP contribution in [0.5, 0.6) is 0 Å². The highest BCUT2D eigenvalue weighted by Gasteiger charge is 2.19. The van der Waals surface area contributed by atoms with Crippen molar-refractivity contribution < 1.29 is 9.90 Å². The van der Waals surface area contributed by atoms with Crippen LogP contribution in [0.1, 0.15) is 18.4 Å². The quantitative estimate of drug-likeness (QED) is 0.767. The first-order valence-corrected chi connectivity index (χ1v) is 4.82. The Labute approximate surface area is 82.8 Å². The highest BCUT2D eigenvalue weighted by atomic mass is 16.4. The van der Waals surface area contributed by atoms with E-state index in [2.05, 4.69) is 11.4 Å². The summed E-state index contributed by atoms with van der Waals surface area (Å²) in [6.45, 7) is 0. The minimum absolute atomic E-state index is 0.242. The number of para-hydroxylation sites is 1. The Morgan fingerprint density at radius 1 is 1.50 bits per heavy atom. The number of carbonyl (C=O) groups is 1. The molecule has 1 unspecified atom stereocenters. The van der Waals surface area contributed by atoms with E-state index in [0.29, 0.717) is 12.5 Å². The number of carboxylic acid groups (broad SMARTS) is 1. The third-order valence-corrected chi connectivity index (χ3v) is 2.55. The average Bonchev–Trinajstić information content (AvgIpc) is 2.57. The topological polar surface area (TPSA) is 49.3 Å².